The van der Waals surface area contributed by atoms with Crippen LogP contribution in [-0.2, 0) is 14.9 Å². The van der Waals surface area contributed by atoms with Gasteiger partial charge in [0, 0.05) is 10.9 Å². The first kappa shape index (κ1) is 15.7. The molecule has 0 aromatic heterocycles. The molecule has 0 aliphatic heterocycles. The number of amides is 1. The highest BCUT2D eigenvalue weighted by molar-refractivity contribution is 9.09. The number of carbonyl (C=O) groups is 1. The minimum absolute atomic E-state index is 0.376. The molecule has 6 nitrogen and oxygen atoms in total. The van der Waals surface area contributed by atoms with Gasteiger partial charge in [-0.15, -0.1) is 0 Å². The van der Waals surface area contributed by atoms with Crippen molar-refractivity contribution in [3.05, 3.63) is 0 Å². The van der Waals surface area contributed by atoms with Crippen molar-refractivity contribution in [2.24, 2.45) is 0 Å². The summed E-state index contributed by atoms with van der Waals surface area (Å²) in [5.74, 6) is 0. The van der Waals surface area contributed by atoms with Crippen molar-refractivity contribution in [1.82, 2.24) is 9.44 Å². The van der Waals surface area contributed by atoms with Gasteiger partial charge in [-0.05, 0) is 27.7 Å². The average Bonchev–Trinajstić information content (AvgIpc) is 1.98. The Morgan fingerprint density at radius 1 is 1.44 bits per heavy atom. The van der Waals surface area contributed by atoms with E-state index in [0.29, 0.717) is 5.33 Å². The molecule has 0 aliphatic rings. The standard InChI is InChI=1S/C8H17BrN2O4S/c1-6(2)15-7(12)10-16(13,14)11-8(3,4)5-9/h6,11H,5H2,1-4H3,(H,10,12). The van der Waals surface area contributed by atoms with Gasteiger partial charge in [-0.2, -0.15) is 13.1 Å². The number of nitrogens with one attached hydrogen (secondary N) is 2. The van der Waals surface area contributed by atoms with Crippen molar-refractivity contribution in [3.63, 3.8) is 0 Å². The second-order valence-electron chi connectivity index (χ2n) is 4.18. The molecule has 0 unspecified atom stereocenters. The maximum atomic E-state index is 11.5. The van der Waals surface area contributed by atoms with E-state index in [1.165, 1.54) is 0 Å². The molecular formula is C8H17BrN2O4S. The number of carbonyl (C=O) groups excluding carboxylic acids is 1. The zero-order valence-corrected chi connectivity index (χ0v) is 12.1. The second-order valence-corrected chi connectivity index (χ2v) is 6.15. The third-order valence-corrected chi connectivity index (χ3v) is 3.96. The molecule has 96 valence electrons. The third-order valence-electron chi connectivity index (χ3n) is 1.31. The van der Waals surface area contributed by atoms with Crippen LogP contribution in [0, 0.1) is 0 Å². The molecule has 0 aromatic carbocycles. The fourth-order valence-electron chi connectivity index (χ4n) is 0.764. The van der Waals surface area contributed by atoms with Gasteiger partial charge in [0.15, 0.2) is 0 Å². The van der Waals surface area contributed by atoms with Crippen LogP contribution in [0.4, 0.5) is 4.79 Å². The summed E-state index contributed by atoms with van der Waals surface area (Å²) < 4.78 is 31.6. The van der Waals surface area contributed by atoms with Gasteiger partial charge in [0.2, 0.25) is 0 Å². The van der Waals surface area contributed by atoms with Crippen molar-refractivity contribution in [2.75, 3.05) is 5.33 Å². The van der Waals surface area contributed by atoms with Crippen molar-refractivity contribution >= 4 is 32.2 Å². The lowest BCUT2D eigenvalue weighted by atomic mass is 10.1. The van der Waals surface area contributed by atoms with E-state index in [4.69, 9.17) is 0 Å². The predicted octanol–water partition coefficient (Wildman–Crippen LogP) is 1.13. The highest BCUT2D eigenvalue weighted by Crippen LogP contribution is 2.07. The summed E-state index contributed by atoms with van der Waals surface area (Å²) in [7, 11) is -3.90. The fraction of sp³-hybridized carbons (Fsp3) is 0.875. The molecule has 8 heteroatoms. The Kier molecular flexibility index (Phi) is 5.71. The van der Waals surface area contributed by atoms with Gasteiger partial charge in [0.05, 0.1) is 6.10 Å². The lowest BCUT2D eigenvalue weighted by Crippen LogP contribution is -2.51. The monoisotopic (exact) mass is 316 g/mol. The Morgan fingerprint density at radius 3 is 2.31 bits per heavy atom. The van der Waals surface area contributed by atoms with Crippen LogP contribution in [0.5, 0.6) is 0 Å². The molecule has 0 saturated carbocycles. The molecule has 1 amide bonds. The maximum Gasteiger partial charge on any atom is 0.422 e. The van der Waals surface area contributed by atoms with Crippen molar-refractivity contribution < 1.29 is 17.9 Å². The number of ether oxygens (including phenoxy) is 1. The van der Waals surface area contributed by atoms with Crippen LogP contribution in [-0.4, -0.2) is 31.5 Å². The molecule has 0 radical (unpaired) electrons. The van der Waals surface area contributed by atoms with Gasteiger partial charge in [0.1, 0.15) is 0 Å². The largest absolute Gasteiger partial charge is 0.446 e. The topological polar surface area (TPSA) is 84.5 Å². The van der Waals surface area contributed by atoms with Crippen LogP contribution in [0.3, 0.4) is 0 Å². The SMILES string of the molecule is CC(C)OC(=O)NS(=O)(=O)NC(C)(C)CBr. The number of alkyl halides is 1. The highest BCUT2D eigenvalue weighted by Gasteiger charge is 2.25. The molecule has 0 heterocycles. The number of halogens is 1. The second kappa shape index (κ2) is 5.83. The van der Waals surface area contributed by atoms with Crippen LogP contribution in [0.1, 0.15) is 27.7 Å². The molecule has 0 bridgehead atoms. The molecule has 0 fully saturated rings. The molecule has 16 heavy (non-hydrogen) atoms. The van der Waals surface area contributed by atoms with Crippen molar-refractivity contribution in [2.45, 2.75) is 39.3 Å². The highest BCUT2D eigenvalue weighted by atomic mass is 79.9. The summed E-state index contributed by atoms with van der Waals surface area (Å²) in [6, 6.07) is 0. The van der Waals surface area contributed by atoms with E-state index >= 15 is 0 Å². The summed E-state index contributed by atoms with van der Waals surface area (Å²) in [5, 5.41) is 0.417. The van der Waals surface area contributed by atoms with E-state index in [0.717, 1.165) is 0 Å². The van der Waals surface area contributed by atoms with Gasteiger partial charge in [0.25, 0.3) is 0 Å². The van der Waals surface area contributed by atoms with Crippen LogP contribution < -0.4 is 9.44 Å². The van der Waals surface area contributed by atoms with Gasteiger partial charge in [-0.1, -0.05) is 15.9 Å². The first-order chi connectivity index (χ1) is 7.08. The number of hydrogen-bond acceptors (Lipinski definition) is 4. The van der Waals surface area contributed by atoms with E-state index in [1.807, 2.05) is 0 Å². The van der Waals surface area contributed by atoms with Crippen molar-refractivity contribution in [1.29, 1.82) is 0 Å². The zero-order chi connectivity index (χ0) is 13.0. The quantitative estimate of drug-likeness (QED) is 0.745. The Bertz CT molecular complexity index is 340. The van der Waals surface area contributed by atoms with Crippen LogP contribution >= 0.6 is 15.9 Å². The predicted molar refractivity (Wildman–Crippen MR) is 64.7 cm³/mol. The van der Waals surface area contributed by atoms with Crippen molar-refractivity contribution in [3.8, 4) is 0 Å². The van der Waals surface area contributed by atoms with E-state index in [1.54, 1.807) is 32.4 Å². The molecule has 0 atom stereocenters. The Hall–Kier alpha value is -0.340. The normalized spacial score (nSPS) is 12.6. The average molecular weight is 317 g/mol. The molecule has 0 rings (SSSR count). The first-order valence-corrected chi connectivity index (χ1v) is 7.27. The molecular weight excluding hydrogens is 300 g/mol. The van der Waals surface area contributed by atoms with E-state index in [9.17, 15) is 13.2 Å². The fourth-order valence-corrected chi connectivity index (χ4v) is 2.21. The summed E-state index contributed by atoms with van der Waals surface area (Å²) in [4.78, 5) is 11.1. The number of hydrogen-bond donors (Lipinski definition) is 2. The summed E-state index contributed by atoms with van der Waals surface area (Å²) >= 11 is 3.16. The minimum atomic E-state index is -3.90. The summed E-state index contributed by atoms with van der Waals surface area (Å²) in [5.41, 5.74) is -0.691. The van der Waals surface area contributed by atoms with Gasteiger partial charge >= 0.3 is 16.3 Å². The maximum absolute atomic E-state index is 11.5. The summed E-state index contributed by atoms with van der Waals surface area (Å²) in [6.45, 7) is 6.60. The van der Waals surface area contributed by atoms with Crippen LogP contribution in [0.25, 0.3) is 0 Å². The van der Waals surface area contributed by atoms with Gasteiger partial charge < -0.3 is 4.74 Å². The molecule has 0 spiro atoms. The Morgan fingerprint density at radius 2 is 1.94 bits per heavy atom. The number of rotatable bonds is 5. The molecule has 0 aliphatic carbocycles. The van der Waals surface area contributed by atoms with Crippen LogP contribution in [0.15, 0.2) is 0 Å². The minimum Gasteiger partial charge on any atom is -0.446 e. The molecule has 0 aromatic rings. The van der Waals surface area contributed by atoms with Crippen LogP contribution in [0.2, 0.25) is 0 Å². The molecule has 2 N–H and O–H groups in total. The van der Waals surface area contributed by atoms with E-state index in [-0.39, 0.29) is 6.10 Å². The molecule has 0 saturated heterocycles. The van der Waals surface area contributed by atoms with Gasteiger partial charge in [-0.25, -0.2) is 9.52 Å². The third kappa shape index (κ3) is 7.02. The zero-order valence-electron chi connectivity index (χ0n) is 9.70. The van der Waals surface area contributed by atoms with E-state index < -0.39 is 21.8 Å². The Labute approximate surface area is 104 Å². The Balaban J connectivity index is 4.42. The smallest absolute Gasteiger partial charge is 0.422 e. The lowest BCUT2D eigenvalue weighted by molar-refractivity contribution is 0.121. The summed E-state index contributed by atoms with van der Waals surface area (Å²) in [6.07, 6.45) is -1.37. The van der Waals surface area contributed by atoms with Gasteiger partial charge in [-0.3, -0.25) is 0 Å². The lowest BCUT2D eigenvalue weighted by Gasteiger charge is -2.23. The van der Waals surface area contributed by atoms with E-state index in [2.05, 4.69) is 25.4 Å². The first-order valence-electron chi connectivity index (χ1n) is 4.66.